The lowest BCUT2D eigenvalue weighted by atomic mass is 9.94. The highest BCUT2D eigenvalue weighted by atomic mass is 16.5. The van der Waals surface area contributed by atoms with Crippen molar-refractivity contribution in [2.24, 2.45) is 0 Å². The van der Waals surface area contributed by atoms with Gasteiger partial charge in [-0.1, -0.05) is 12.1 Å². The van der Waals surface area contributed by atoms with E-state index in [1.165, 1.54) is 18.5 Å². The van der Waals surface area contributed by atoms with Gasteiger partial charge in [0.2, 0.25) is 5.91 Å². The number of nitrogens with zero attached hydrogens (tertiary/aromatic N) is 2. The summed E-state index contributed by atoms with van der Waals surface area (Å²) in [6, 6.07) is 14.4. The molecule has 2 aromatic carbocycles. The van der Waals surface area contributed by atoms with Crippen LogP contribution in [-0.4, -0.2) is 44.2 Å². The van der Waals surface area contributed by atoms with E-state index in [1.54, 1.807) is 7.11 Å². The third-order valence-electron chi connectivity index (χ3n) is 6.58. The van der Waals surface area contributed by atoms with Crippen LogP contribution in [0.4, 0.5) is 5.69 Å². The SMILES string of the molecule is COc1ccc(C2(C(=O)N3CCOc4ccc(N5CCCC5)cc4C3)CC2)cc1. The Morgan fingerprint density at radius 3 is 2.48 bits per heavy atom. The summed E-state index contributed by atoms with van der Waals surface area (Å²) >= 11 is 0. The molecule has 1 saturated carbocycles. The van der Waals surface area contributed by atoms with Crippen LogP contribution in [0, 0.1) is 0 Å². The van der Waals surface area contributed by atoms with Gasteiger partial charge in [0.1, 0.15) is 18.1 Å². The van der Waals surface area contributed by atoms with E-state index in [4.69, 9.17) is 9.47 Å². The van der Waals surface area contributed by atoms with Crippen LogP contribution in [0.15, 0.2) is 42.5 Å². The number of ether oxygens (including phenoxy) is 2. The van der Waals surface area contributed by atoms with Crippen LogP contribution in [-0.2, 0) is 16.8 Å². The van der Waals surface area contributed by atoms with Crippen LogP contribution in [0.1, 0.15) is 36.8 Å². The van der Waals surface area contributed by atoms with E-state index in [1.807, 2.05) is 29.2 Å². The molecule has 5 heteroatoms. The minimum Gasteiger partial charge on any atom is -0.497 e. The Morgan fingerprint density at radius 2 is 1.79 bits per heavy atom. The first kappa shape index (κ1) is 18.3. The van der Waals surface area contributed by atoms with Gasteiger partial charge in [0.05, 0.1) is 19.1 Å². The van der Waals surface area contributed by atoms with Crippen LogP contribution >= 0.6 is 0 Å². The van der Waals surface area contributed by atoms with Crippen LogP contribution in [0.5, 0.6) is 11.5 Å². The van der Waals surface area contributed by atoms with Gasteiger partial charge in [-0.25, -0.2) is 0 Å². The number of carbonyl (C=O) groups is 1. The smallest absolute Gasteiger partial charge is 0.233 e. The molecule has 29 heavy (non-hydrogen) atoms. The Morgan fingerprint density at radius 1 is 1.03 bits per heavy atom. The van der Waals surface area contributed by atoms with Gasteiger partial charge in [0.25, 0.3) is 0 Å². The van der Waals surface area contributed by atoms with Crippen molar-refractivity contribution in [3.05, 3.63) is 53.6 Å². The molecule has 2 heterocycles. The third kappa shape index (κ3) is 3.33. The van der Waals surface area contributed by atoms with Crippen molar-refractivity contribution in [2.75, 3.05) is 38.3 Å². The first-order chi connectivity index (χ1) is 14.2. The highest BCUT2D eigenvalue weighted by Gasteiger charge is 2.53. The number of amides is 1. The molecule has 0 unspecified atom stereocenters. The number of anilines is 1. The molecule has 2 aliphatic heterocycles. The largest absolute Gasteiger partial charge is 0.497 e. The Balaban J connectivity index is 1.38. The Bertz CT molecular complexity index is 899. The maximum absolute atomic E-state index is 13.6. The van der Waals surface area contributed by atoms with Gasteiger partial charge in [-0.2, -0.15) is 0 Å². The van der Waals surface area contributed by atoms with Crippen molar-refractivity contribution >= 4 is 11.6 Å². The van der Waals surface area contributed by atoms with E-state index >= 15 is 0 Å². The number of methoxy groups -OCH3 is 1. The summed E-state index contributed by atoms with van der Waals surface area (Å²) in [6.07, 6.45) is 4.33. The van der Waals surface area contributed by atoms with Gasteiger partial charge >= 0.3 is 0 Å². The van der Waals surface area contributed by atoms with Crippen molar-refractivity contribution in [1.29, 1.82) is 0 Å². The Kier molecular flexibility index (Phi) is 4.61. The lowest BCUT2D eigenvalue weighted by molar-refractivity contribution is -0.134. The molecule has 5 nitrogen and oxygen atoms in total. The Hall–Kier alpha value is -2.69. The lowest BCUT2D eigenvalue weighted by Crippen LogP contribution is -2.40. The second-order valence-electron chi connectivity index (χ2n) is 8.37. The van der Waals surface area contributed by atoms with Gasteiger partial charge in [-0.3, -0.25) is 4.79 Å². The maximum Gasteiger partial charge on any atom is 0.233 e. The predicted octanol–water partition coefficient (Wildman–Crippen LogP) is 3.75. The fourth-order valence-corrected chi connectivity index (χ4v) is 4.69. The molecule has 1 aliphatic carbocycles. The summed E-state index contributed by atoms with van der Waals surface area (Å²) in [5, 5.41) is 0. The zero-order chi connectivity index (χ0) is 19.8. The third-order valence-corrected chi connectivity index (χ3v) is 6.58. The molecule has 3 aliphatic rings. The molecular weight excluding hydrogens is 364 g/mol. The topological polar surface area (TPSA) is 42.0 Å². The summed E-state index contributed by atoms with van der Waals surface area (Å²) in [5.74, 6) is 1.96. The van der Waals surface area contributed by atoms with E-state index in [0.717, 1.165) is 48.6 Å². The molecule has 152 valence electrons. The van der Waals surface area contributed by atoms with Crippen molar-refractivity contribution in [2.45, 2.75) is 37.6 Å². The fourth-order valence-electron chi connectivity index (χ4n) is 4.69. The van der Waals surface area contributed by atoms with Crippen LogP contribution in [0.3, 0.4) is 0 Å². The van der Waals surface area contributed by atoms with Gasteiger partial charge < -0.3 is 19.3 Å². The van der Waals surface area contributed by atoms with Crippen molar-refractivity contribution in [3.63, 3.8) is 0 Å². The van der Waals surface area contributed by atoms with Gasteiger partial charge in [-0.05, 0) is 61.6 Å². The van der Waals surface area contributed by atoms with E-state index in [2.05, 4.69) is 23.1 Å². The number of hydrogen-bond acceptors (Lipinski definition) is 4. The van der Waals surface area contributed by atoms with Crippen LogP contribution in [0.25, 0.3) is 0 Å². The average molecular weight is 392 g/mol. The summed E-state index contributed by atoms with van der Waals surface area (Å²) in [7, 11) is 1.66. The van der Waals surface area contributed by atoms with Crippen LogP contribution < -0.4 is 14.4 Å². The molecule has 0 bridgehead atoms. The van der Waals surface area contributed by atoms with Crippen molar-refractivity contribution < 1.29 is 14.3 Å². The normalized spacial score (nSPS) is 19.9. The highest BCUT2D eigenvalue weighted by Crippen LogP contribution is 2.50. The van der Waals surface area contributed by atoms with E-state index in [0.29, 0.717) is 19.7 Å². The molecule has 0 spiro atoms. The average Bonchev–Trinajstić information content (AvgIpc) is 3.45. The number of fused-ring (bicyclic) bond motifs is 1. The number of hydrogen-bond donors (Lipinski definition) is 0. The van der Waals surface area contributed by atoms with E-state index in [-0.39, 0.29) is 11.3 Å². The van der Waals surface area contributed by atoms with Gasteiger partial charge in [-0.15, -0.1) is 0 Å². The highest BCUT2D eigenvalue weighted by molar-refractivity contribution is 5.91. The molecule has 2 aromatic rings. The first-order valence-electron chi connectivity index (χ1n) is 10.6. The molecular formula is C24H28N2O3. The van der Waals surface area contributed by atoms with Gasteiger partial charge in [0, 0.05) is 30.9 Å². The Labute approximate surface area is 172 Å². The van der Waals surface area contributed by atoms with E-state index < -0.39 is 0 Å². The molecule has 5 rings (SSSR count). The summed E-state index contributed by atoms with van der Waals surface area (Å²) in [4.78, 5) is 18.0. The van der Waals surface area contributed by atoms with Gasteiger partial charge in [0.15, 0.2) is 0 Å². The molecule has 0 radical (unpaired) electrons. The zero-order valence-electron chi connectivity index (χ0n) is 17.0. The zero-order valence-corrected chi connectivity index (χ0v) is 17.0. The quantitative estimate of drug-likeness (QED) is 0.795. The predicted molar refractivity (Wildman–Crippen MR) is 113 cm³/mol. The molecule has 0 aromatic heterocycles. The van der Waals surface area contributed by atoms with Crippen molar-refractivity contribution in [1.82, 2.24) is 4.90 Å². The lowest BCUT2D eigenvalue weighted by Gasteiger charge is -2.26. The summed E-state index contributed by atoms with van der Waals surface area (Å²) in [6.45, 7) is 4.02. The van der Waals surface area contributed by atoms with E-state index in [9.17, 15) is 4.79 Å². The number of carbonyl (C=O) groups excluding carboxylic acids is 1. The fraction of sp³-hybridized carbons (Fsp3) is 0.458. The standard InChI is InChI=1S/C24H28N2O3/c1-28-21-7-4-19(5-8-21)24(10-11-24)23(27)26-14-15-29-22-9-6-20(16-18(22)17-26)25-12-2-3-13-25/h4-9,16H,2-3,10-15,17H2,1H3. The molecule has 0 atom stereocenters. The monoisotopic (exact) mass is 392 g/mol. The molecule has 0 N–H and O–H groups in total. The second kappa shape index (κ2) is 7.29. The molecule has 1 amide bonds. The maximum atomic E-state index is 13.6. The first-order valence-corrected chi connectivity index (χ1v) is 10.6. The minimum atomic E-state index is -0.372. The minimum absolute atomic E-state index is 0.227. The van der Waals surface area contributed by atoms with Crippen molar-refractivity contribution in [3.8, 4) is 11.5 Å². The number of rotatable bonds is 4. The summed E-state index contributed by atoms with van der Waals surface area (Å²) in [5.41, 5.74) is 3.09. The van der Waals surface area contributed by atoms with Crippen LogP contribution in [0.2, 0.25) is 0 Å². The second-order valence-corrected chi connectivity index (χ2v) is 8.37. The summed E-state index contributed by atoms with van der Waals surface area (Å²) < 4.78 is 11.3. The molecule has 2 fully saturated rings. The molecule has 1 saturated heterocycles. The number of benzene rings is 2.